The monoisotopic (exact) mass is 372 g/mol. The van der Waals surface area contributed by atoms with Gasteiger partial charge < -0.3 is 5.32 Å². The van der Waals surface area contributed by atoms with Crippen molar-refractivity contribution in [1.82, 2.24) is 5.32 Å². The Kier molecular flexibility index (Phi) is 26.3. The number of nitrogens with one attached hydrogen (secondary N) is 1. The molecule has 0 spiro atoms. The molecule has 0 aromatic carbocycles. The van der Waals surface area contributed by atoms with E-state index in [4.69, 9.17) is 0 Å². The Labute approximate surface area is 170 Å². The first-order chi connectivity index (χ1) is 13.0. The van der Waals surface area contributed by atoms with E-state index in [1.165, 1.54) is 11.1 Å². The number of hydrogen-bond acceptors (Lipinski definition) is 1. The minimum Gasteiger partial charge on any atom is -0.347 e. The molecule has 0 amide bonds. The van der Waals surface area contributed by atoms with Crippen molar-refractivity contribution in [2.45, 2.75) is 75.7 Å². The van der Waals surface area contributed by atoms with Crippen LogP contribution in [0.1, 0.15) is 75.7 Å². The fraction of sp³-hybridized carbons (Fsp3) is 0.480. The van der Waals surface area contributed by atoms with E-state index in [2.05, 4.69) is 61.5 Å². The van der Waals surface area contributed by atoms with Crippen molar-refractivity contribution in [2.75, 3.05) is 0 Å². The van der Waals surface area contributed by atoms with Crippen LogP contribution in [0, 0.1) is 5.92 Å². The van der Waals surface area contributed by atoms with E-state index in [-0.39, 0.29) is 5.92 Å². The third-order valence-corrected chi connectivity index (χ3v) is 3.29. The van der Waals surface area contributed by atoms with E-state index in [0.717, 1.165) is 12.3 Å². The smallest absolute Gasteiger partial charge is 0.129 e. The lowest BCUT2D eigenvalue weighted by Gasteiger charge is -2.04. The lowest BCUT2D eigenvalue weighted by Crippen LogP contribution is -2.14. The minimum atomic E-state index is 0.271. The van der Waals surface area contributed by atoms with Gasteiger partial charge in [0, 0.05) is 12.1 Å². The fourth-order valence-corrected chi connectivity index (χ4v) is 1.67. The molecule has 0 aliphatic carbocycles. The molecule has 0 heterocycles. The number of nitrogens with zero attached hydrogens (tertiary/aromatic N) is 1. The molecule has 1 N–H and O–H groups in total. The summed E-state index contributed by atoms with van der Waals surface area (Å²) in [5.41, 5.74) is 2.82. The zero-order valence-electron chi connectivity index (χ0n) is 19.5. The summed E-state index contributed by atoms with van der Waals surface area (Å²) in [4.78, 5) is 4.37. The third kappa shape index (κ3) is 20.1. The van der Waals surface area contributed by atoms with Gasteiger partial charge in [-0.15, -0.1) is 0 Å². The van der Waals surface area contributed by atoms with Crippen LogP contribution < -0.4 is 5.32 Å². The van der Waals surface area contributed by atoms with Crippen LogP contribution in [-0.4, -0.2) is 5.84 Å². The van der Waals surface area contributed by atoms with Gasteiger partial charge in [-0.3, -0.25) is 0 Å². The lowest BCUT2D eigenvalue weighted by atomic mass is 10.0. The Bertz CT molecular complexity index is 523. The molecule has 1 atom stereocenters. The second-order valence-electron chi connectivity index (χ2n) is 5.52. The molecule has 154 valence electrons. The van der Waals surface area contributed by atoms with Crippen LogP contribution in [0.3, 0.4) is 0 Å². The van der Waals surface area contributed by atoms with Gasteiger partial charge in [-0.1, -0.05) is 81.4 Å². The largest absolute Gasteiger partial charge is 0.347 e. The zero-order chi connectivity index (χ0) is 21.5. The number of hydrogen-bond donors (Lipinski definition) is 1. The Morgan fingerprint density at radius 3 is 1.96 bits per heavy atom. The quantitative estimate of drug-likeness (QED) is 0.259. The van der Waals surface area contributed by atoms with E-state index >= 15 is 0 Å². The van der Waals surface area contributed by atoms with Crippen molar-refractivity contribution in [3.05, 3.63) is 72.2 Å². The van der Waals surface area contributed by atoms with Gasteiger partial charge in [0.2, 0.25) is 0 Å². The summed E-state index contributed by atoms with van der Waals surface area (Å²) in [6.45, 7) is 20.5. The topological polar surface area (TPSA) is 24.4 Å². The third-order valence-electron chi connectivity index (χ3n) is 3.29. The lowest BCUT2D eigenvalue weighted by molar-refractivity contribution is 1.04. The molecular weight excluding hydrogens is 328 g/mol. The molecule has 2 heteroatoms. The van der Waals surface area contributed by atoms with E-state index in [0.29, 0.717) is 0 Å². The van der Waals surface area contributed by atoms with Crippen molar-refractivity contribution in [3.63, 3.8) is 0 Å². The maximum absolute atomic E-state index is 4.37. The minimum absolute atomic E-state index is 0.271. The van der Waals surface area contributed by atoms with Gasteiger partial charge in [0.25, 0.3) is 0 Å². The maximum atomic E-state index is 4.37. The molecule has 0 fully saturated rings. The standard InChI is InChI=1S/C21H32N2.2C2H6/c1-7-11-20(13-10-12-19(6)18(4)5)14-15-21(22-16-8-2)23-17-9-3;2*1-2/h7-11,13-17,20H,12H2,1-6H3,(H,22,23);2*1-2H3/b11-7-,13-10?,15-14+,16-8-,17-9-;;. The van der Waals surface area contributed by atoms with E-state index in [1.54, 1.807) is 6.20 Å². The van der Waals surface area contributed by atoms with Gasteiger partial charge in [-0.25, -0.2) is 4.99 Å². The Morgan fingerprint density at radius 2 is 1.48 bits per heavy atom. The summed E-state index contributed by atoms with van der Waals surface area (Å²) in [6, 6.07) is 0. The predicted molar refractivity (Wildman–Crippen MR) is 128 cm³/mol. The first-order valence-corrected chi connectivity index (χ1v) is 10.2. The average Bonchev–Trinajstić information content (AvgIpc) is 2.70. The van der Waals surface area contributed by atoms with Gasteiger partial charge in [0.05, 0.1) is 0 Å². The molecule has 0 bridgehead atoms. The summed E-state index contributed by atoms with van der Waals surface area (Å²) in [7, 11) is 0. The molecule has 0 saturated heterocycles. The summed E-state index contributed by atoms with van der Waals surface area (Å²) in [5.74, 6) is 1.10. The maximum Gasteiger partial charge on any atom is 0.129 e. The molecule has 0 aliphatic rings. The highest BCUT2D eigenvalue weighted by atomic mass is 15.0. The van der Waals surface area contributed by atoms with Crippen molar-refractivity contribution >= 4 is 5.84 Å². The number of aliphatic imine (C=N–C) groups is 1. The molecule has 0 radical (unpaired) electrons. The molecular formula is C25H44N2. The Morgan fingerprint density at radius 1 is 0.852 bits per heavy atom. The predicted octanol–water partition coefficient (Wildman–Crippen LogP) is 8.15. The van der Waals surface area contributed by atoms with Crippen LogP contribution in [0.15, 0.2) is 77.1 Å². The first kappa shape index (κ1) is 29.7. The summed E-state index contributed by atoms with van der Waals surface area (Å²) < 4.78 is 0. The second kappa shape index (κ2) is 23.9. The number of amidine groups is 1. The van der Waals surface area contributed by atoms with Crippen LogP contribution >= 0.6 is 0 Å². The van der Waals surface area contributed by atoms with Crippen LogP contribution in [0.4, 0.5) is 0 Å². The summed E-state index contributed by atoms with van der Waals surface area (Å²) in [6.07, 6.45) is 21.4. The van der Waals surface area contributed by atoms with E-state index in [1.807, 2.05) is 72.9 Å². The van der Waals surface area contributed by atoms with Gasteiger partial charge in [0.1, 0.15) is 5.84 Å². The number of rotatable bonds is 8. The van der Waals surface area contributed by atoms with Crippen LogP contribution in [0.5, 0.6) is 0 Å². The molecule has 1 unspecified atom stereocenters. The van der Waals surface area contributed by atoms with E-state index < -0.39 is 0 Å². The molecule has 0 aliphatic heterocycles. The Hall–Kier alpha value is -2.09. The normalized spacial score (nSPS) is 13.0. The highest BCUT2D eigenvalue weighted by Gasteiger charge is 1.96. The van der Waals surface area contributed by atoms with Gasteiger partial charge >= 0.3 is 0 Å². The fourth-order valence-electron chi connectivity index (χ4n) is 1.67. The van der Waals surface area contributed by atoms with Gasteiger partial charge in [0.15, 0.2) is 0 Å². The molecule has 0 saturated carbocycles. The van der Waals surface area contributed by atoms with Crippen LogP contribution in [0.25, 0.3) is 0 Å². The SMILES string of the molecule is CC.CC.C\C=C/N=C(/C=C/C(C=CCC(C)=C(C)C)/C=C\C)N/C=C\C. The summed E-state index contributed by atoms with van der Waals surface area (Å²) in [5, 5.41) is 3.17. The second-order valence-corrected chi connectivity index (χ2v) is 5.52. The van der Waals surface area contributed by atoms with Crippen molar-refractivity contribution in [1.29, 1.82) is 0 Å². The van der Waals surface area contributed by atoms with Crippen LogP contribution in [0.2, 0.25) is 0 Å². The average molecular weight is 373 g/mol. The van der Waals surface area contributed by atoms with Crippen molar-refractivity contribution in [3.8, 4) is 0 Å². The van der Waals surface area contributed by atoms with Crippen molar-refractivity contribution < 1.29 is 0 Å². The molecule has 2 nitrogen and oxygen atoms in total. The van der Waals surface area contributed by atoms with Gasteiger partial charge in [-0.05, 0) is 60.2 Å². The Balaban J connectivity index is -0.00000134. The molecule has 0 rings (SSSR count). The highest BCUT2D eigenvalue weighted by Crippen LogP contribution is 2.10. The zero-order valence-corrected chi connectivity index (χ0v) is 19.5. The van der Waals surface area contributed by atoms with E-state index in [9.17, 15) is 0 Å². The van der Waals surface area contributed by atoms with Crippen LogP contribution in [-0.2, 0) is 0 Å². The molecule has 0 aromatic heterocycles. The first-order valence-electron chi connectivity index (χ1n) is 10.2. The molecule has 27 heavy (non-hydrogen) atoms. The number of allylic oxidation sites excluding steroid dienone is 9. The van der Waals surface area contributed by atoms with Gasteiger partial charge in [-0.2, -0.15) is 0 Å². The molecule has 0 aromatic rings. The van der Waals surface area contributed by atoms with Crippen molar-refractivity contribution in [2.24, 2.45) is 10.9 Å². The highest BCUT2D eigenvalue weighted by molar-refractivity contribution is 5.94. The summed E-state index contributed by atoms with van der Waals surface area (Å²) >= 11 is 0.